The van der Waals surface area contributed by atoms with Gasteiger partial charge in [0.05, 0.1) is 5.69 Å². The maximum Gasteiger partial charge on any atom is 0.322 e. The number of nitrogens with one attached hydrogen (secondary N) is 1. The summed E-state index contributed by atoms with van der Waals surface area (Å²) in [6.07, 6.45) is 0.613. The number of amides is 2. The molecule has 134 valence electrons. The van der Waals surface area contributed by atoms with Gasteiger partial charge in [-0.25, -0.2) is 18.0 Å². The Balaban J connectivity index is 1.61. The van der Waals surface area contributed by atoms with E-state index >= 15 is 0 Å². The summed E-state index contributed by atoms with van der Waals surface area (Å²) in [6.45, 7) is 0.749. The van der Waals surface area contributed by atoms with Crippen LogP contribution in [0.1, 0.15) is 11.3 Å². The third-order valence-electron chi connectivity index (χ3n) is 4.83. The van der Waals surface area contributed by atoms with Gasteiger partial charge in [-0.05, 0) is 30.3 Å². The lowest BCUT2D eigenvalue weighted by atomic mass is 10.0. The Bertz CT molecular complexity index is 1030. The van der Waals surface area contributed by atoms with E-state index in [-0.39, 0.29) is 11.5 Å². The minimum atomic E-state index is -0.830. The molecule has 0 saturated carbocycles. The van der Waals surface area contributed by atoms with Gasteiger partial charge in [-0.3, -0.25) is 0 Å². The summed E-state index contributed by atoms with van der Waals surface area (Å²) in [4.78, 5) is 14.0. The molecule has 4 rings (SSSR count). The van der Waals surface area contributed by atoms with Crippen LogP contribution in [0.2, 0.25) is 0 Å². The van der Waals surface area contributed by atoms with E-state index in [1.807, 2.05) is 11.6 Å². The highest BCUT2D eigenvalue weighted by atomic mass is 19.1. The van der Waals surface area contributed by atoms with E-state index in [0.717, 1.165) is 34.3 Å². The van der Waals surface area contributed by atoms with E-state index in [1.54, 1.807) is 6.07 Å². The SMILES string of the molecule is Cn1c2c(c3cc(F)ccc31)CN(C(=O)Nc1ccc(F)cc1F)CC2. The van der Waals surface area contributed by atoms with Crippen molar-refractivity contribution in [3.8, 4) is 0 Å². The molecule has 0 atom stereocenters. The zero-order chi connectivity index (χ0) is 18.4. The van der Waals surface area contributed by atoms with Crippen LogP contribution in [0.4, 0.5) is 23.7 Å². The number of hydrogen-bond donors (Lipinski definition) is 1. The molecule has 7 heteroatoms. The lowest BCUT2D eigenvalue weighted by molar-refractivity contribution is 0.206. The number of rotatable bonds is 1. The topological polar surface area (TPSA) is 37.3 Å². The quantitative estimate of drug-likeness (QED) is 0.695. The van der Waals surface area contributed by atoms with Gasteiger partial charge >= 0.3 is 6.03 Å². The highest BCUT2D eigenvalue weighted by Crippen LogP contribution is 2.31. The summed E-state index contributed by atoms with van der Waals surface area (Å²) in [6, 6.07) is 7.12. The third-order valence-corrected chi connectivity index (χ3v) is 4.83. The van der Waals surface area contributed by atoms with Crippen molar-refractivity contribution in [2.45, 2.75) is 13.0 Å². The normalized spacial score (nSPS) is 13.8. The van der Waals surface area contributed by atoms with E-state index in [2.05, 4.69) is 5.32 Å². The first-order valence-electron chi connectivity index (χ1n) is 8.20. The smallest absolute Gasteiger partial charge is 0.322 e. The Hall–Kier alpha value is -2.96. The van der Waals surface area contributed by atoms with Crippen LogP contribution in [0.15, 0.2) is 36.4 Å². The van der Waals surface area contributed by atoms with E-state index < -0.39 is 17.7 Å². The molecule has 4 nitrogen and oxygen atoms in total. The van der Waals surface area contributed by atoms with Gasteiger partial charge < -0.3 is 14.8 Å². The standard InChI is InChI=1S/C19H16F3N3O/c1-24-17-5-3-11(20)8-13(17)14-10-25(7-6-18(14)24)19(26)23-16-4-2-12(21)9-15(16)22/h2-5,8-9H,6-7,10H2,1H3,(H,23,26). The number of aromatic nitrogens is 1. The number of nitrogens with zero attached hydrogens (tertiary/aromatic N) is 2. The highest BCUT2D eigenvalue weighted by Gasteiger charge is 2.26. The molecule has 0 unspecified atom stereocenters. The Kier molecular flexibility index (Phi) is 3.86. The third kappa shape index (κ3) is 2.69. The number of urea groups is 1. The van der Waals surface area contributed by atoms with Crippen molar-refractivity contribution in [2.75, 3.05) is 11.9 Å². The molecule has 0 bridgehead atoms. The van der Waals surface area contributed by atoms with E-state index in [4.69, 9.17) is 0 Å². The van der Waals surface area contributed by atoms with Crippen molar-refractivity contribution in [3.05, 3.63) is 65.1 Å². The molecule has 0 radical (unpaired) electrons. The second-order valence-electron chi connectivity index (χ2n) is 6.37. The zero-order valence-corrected chi connectivity index (χ0v) is 14.0. The van der Waals surface area contributed by atoms with Crippen molar-refractivity contribution < 1.29 is 18.0 Å². The summed E-state index contributed by atoms with van der Waals surface area (Å²) >= 11 is 0. The fourth-order valence-electron chi connectivity index (χ4n) is 3.51. The van der Waals surface area contributed by atoms with Crippen LogP contribution in [-0.4, -0.2) is 22.0 Å². The summed E-state index contributed by atoms with van der Waals surface area (Å²) < 4.78 is 42.4. The number of aryl methyl sites for hydroxylation is 1. The summed E-state index contributed by atoms with van der Waals surface area (Å²) in [5.41, 5.74) is 2.78. The van der Waals surface area contributed by atoms with Crippen LogP contribution >= 0.6 is 0 Å². The molecule has 0 aliphatic carbocycles. The largest absolute Gasteiger partial charge is 0.347 e. The number of benzene rings is 2. The van der Waals surface area contributed by atoms with E-state index in [1.165, 1.54) is 23.1 Å². The van der Waals surface area contributed by atoms with Crippen LogP contribution in [-0.2, 0) is 20.0 Å². The fraction of sp³-hybridized carbons (Fsp3) is 0.211. The minimum absolute atomic E-state index is 0.0776. The van der Waals surface area contributed by atoms with Gasteiger partial charge in [-0.15, -0.1) is 0 Å². The molecule has 2 heterocycles. The summed E-state index contributed by atoms with van der Waals surface area (Å²) in [5, 5.41) is 3.24. The first kappa shape index (κ1) is 16.5. The Labute approximate surface area is 147 Å². The van der Waals surface area contributed by atoms with Gasteiger partial charge in [0.15, 0.2) is 0 Å². The second kappa shape index (κ2) is 6.09. The van der Waals surface area contributed by atoms with Crippen LogP contribution in [0.5, 0.6) is 0 Å². The maximum absolute atomic E-state index is 13.8. The Morgan fingerprint density at radius 2 is 1.81 bits per heavy atom. The molecule has 0 spiro atoms. The predicted octanol–water partition coefficient (Wildman–Crippen LogP) is 4.19. The molecule has 0 saturated heterocycles. The number of carbonyl (C=O) groups excluding carboxylic acids is 1. The highest BCUT2D eigenvalue weighted by molar-refractivity contribution is 5.91. The zero-order valence-electron chi connectivity index (χ0n) is 14.0. The van der Waals surface area contributed by atoms with Gasteiger partial charge in [0, 0.05) is 54.8 Å². The summed E-state index contributed by atoms with van der Waals surface area (Å²) in [5.74, 6) is -1.87. The lowest BCUT2D eigenvalue weighted by Gasteiger charge is -2.28. The first-order chi connectivity index (χ1) is 12.4. The van der Waals surface area contributed by atoms with Crippen LogP contribution < -0.4 is 5.32 Å². The van der Waals surface area contributed by atoms with Crippen molar-refractivity contribution in [3.63, 3.8) is 0 Å². The molecular weight excluding hydrogens is 343 g/mol. The summed E-state index contributed by atoms with van der Waals surface area (Å²) in [7, 11) is 1.92. The van der Waals surface area contributed by atoms with Crippen molar-refractivity contribution >= 4 is 22.6 Å². The second-order valence-corrected chi connectivity index (χ2v) is 6.37. The van der Waals surface area contributed by atoms with Gasteiger partial charge in [-0.1, -0.05) is 0 Å². The molecule has 2 amide bonds. The van der Waals surface area contributed by atoms with Gasteiger partial charge in [-0.2, -0.15) is 0 Å². The average Bonchev–Trinajstić information content (AvgIpc) is 2.89. The Morgan fingerprint density at radius 3 is 2.58 bits per heavy atom. The van der Waals surface area contributed by atoms with Crippen molar-refractivity contribution in [1.29, 1.82) is 0 Å². The maximum atomic E-state index is 13.8. The monoisotopic (exact) mass is 359 g/mol. The molecule has 2 aromatic carbocycles. The Morgan fingerprint density at radius 1 is 1.08 bits per heavy atom. The lowest BCUT2D eigenvalue weighted by Crippen LogP contribution is -2.39. The van der Waals surface area contributed by atoms with E-state index in [9.17, 15) is 18.0 Å². The number of fused-ring (bicyclic) bond motifs is 3. The van der Waals surface area contributed by atoms with Gasteiger partial charge in [0.1, 0.15) is 17.5 Å². The molecule has 3 aromatic rings. The predicted molar refractivity (Wildman–Crippen MR) is 92.4 cm³/mol. The molecular formula is C19H16F3N3O. The van der Waals surface area contributed by atoms with Gasteiger partial charge in [0.25, 0.3) is 0 Å². The van der Waals surface area contributed by atoms with Crippen LogP contribution in [0, 0.1) is 17.5 Å². The molecule has 1 aromatic heterocycles. The molecule has 1 aliphatic heterocycles. The van der Waals surface area contributed by atoms with Crippen LogP contribution in [0.3, 0.4) is 0 Å². The van der Waals surface area contributed by atoms with Gasteiger partial charge in [0.2, 0.25) is 0 Å². The molecule has 1 aliphatic rings. The number of carbonyl (C=O) groups is 1. The van der Waals surface area contributed by atoms with Crippen molar-refractivity contribution in [2.24, 2.45) is 7.05 Å². The van der Waals surface area contributed by atoms with E-state index in [0.29, 0.717) is 19.5 Å². The van der Waals surface area contributed by atoms with Crippen LogP contribution in [0.25, 0.3) is 10.9 Å². The molecule has 26 heavy (non-hydrogen) atoms. The number of hydrogen-bond acceptors (Lipinski definition) is 1. The fourth-order valence-corrected chi connectivity index (χ4v) is 3.51. The molecule has 1 N–H and O–H groups in total. The first-order valence-corrected chi connectivity index (χ1v) is 8.20. The molecule has 0 fully saturated rings. The minimum Gasteiger partial charge on any atom is -0.347 e. The number of halogens is 3. The average molecular weight is 359 g/mol. The van der Waals surface area contributed by atoms with Crippen molar-refractivity contribution in [1.82, 2.24) is 9.47 Å². The number of anilines is 1.